The van der Waals surface area contributed by atoms with Crippen molar-refractivity contribution < 1.29 is 15.2 Å². The number of amides is 1. The minimum atomic E-state index is -1.18. The molecule has 1 aromatic heterocycles. The van der Waals surface area contributed by atoms with Crippen molar-refractivity contribution >= 4 is 33.2 Å². The molecule has 1 amide bonds. The summed E-state index contributed by atoms with van der Waals surface area (Å²) in [6.07, 6.45) is 6.13. The van der Waals surface area contributed by atoms with Gasteiger partial charge in [0.15, 0.2) is 0 Å². The van der Waals surface area contributed by atoms with Gasteiger partial charge in [0.1, 0.15) is 0 Å². The predicted molar refractivity (Wildman–Crippen MR) is 111 cm³/mol. The van der Waals surface area contributed by atoms with Gasteiger partial charge >= 0.3 is 5.56 Å². The van der Waals surface area contributed by atoms with Crippen molar-refractivity contribution in [2.24, 2.45) is 5.92 Å². The molecule has 9 heteroatoms. The fourth-order valence-corrected chi connectivity index (χ4v) is 7.71. The van der Waals surface area contributed by atoms with Gasteiger partial charge in [0.25, 0.3) is 0 Å². The van der Waals surface area contributed by atoms with Crippen LogP contribution in [0.5, 0.6) is 0 Å². The molecule has 2 saturated heterocycles. The Morgan fingerprint density at radius 3 is 2.89 bits per heavy atom. The van der Waals surface area contributed by atoms with Crippen LogP contribution in [0.15, 0.2) is 16.9 Å². The summed E-state index contributed by atoms with van der Waals surface area (Å²) in [5.41, 5.74) is 0.289. The van der Waals surface area contributed by atoms with Crippen molar-refractivity contribution in [1.82, 2.24) is 9.47 Å². The maximum Gasteiger partial charge on any atom is 0.315 e. The van der Waals surface area contributed by atoms with E-state index in [2.05, 4.69) is 0 Å². The number of carbonyl (C=O) groups excluding carboxylic acids is 1. The number of piperidine rings is 1. The van der Waals surface area contributed by atoms with Crippen LogP contribution in [-0.4, -0.2) is 44.7 Å². The van der Waals surface area contributed by atoms with Crippen molar-refractivity contribution in [2.75, 3.05) is 18.8 Å². The highest BCUT2D eigenvalue weighted by atomic mass is 33.1. The smallest absolute Gasteiger partial charge is 0.315 e. The fourth-order valence-electron chi connectivity index (χ4n) is 4.68. The van der Waals surface area contributed by atoms with Gasteiger partial charge < -0.3 is 14.7 Å². The highest BCUT2D eigenvalue weighted by Crippen LogP contribution is 2.40. The first-order valence-electron chi connectivity index (χ1n) is 10.1. The molecule has 28 heavy (non-hydrogen) atoms. The van der Waals surface area contributed by atoms with E-state index in [0.717, 1.165) is 30.2 Å². The number of fused-ring (bicyclic) bond motifs is 4. The summed E-state index contributed by atoms with van der Waals surface area (Å²) in [7, 11) is 3.96. The number of unbranched alkanes of at least 4 members (excludes halogenated alkanes) is 1. The van der Waals surface area contributed by atoms with Gasteiger partial charge in [0.05, 0.1) is 0 Å². The van der Waals surface area contributed by atoms with E-state index in [1.165, 1.54) is 24.7 Å². The second-order valence-corrected chi connectivity index (χ2v) is 10.9. The number of pyridine rings is 1. The molecule has 2 unspecified atom stereocenters. The predicted octanol–water partition coefficient (Wildman–Crippen LogP) is 1.91. The van der Waals surface area contributed by atoms with Crippen molar-refractivity contribution in [3.63, 3.8) is 0 Å². The maximum atomic E-state index is 12.7. The highest BCUT2D eigenvalue weighted by Gasteiger charge is 2.37. The van der Waals surface area contributed by atoms with Crippen LogP contribution in [0.4, 0.5) is 5.69 Å². The van der Waals surface area contributed by atoms with Gasteiger partial charge in [0.2, 0.25) is 11.6 Å². The lowest BCUT2D eigenvalue weighted by molar-refractivity contribution is -0.992. The van der Waals surface area contributed by atoms with E-state index in [0.29, 0.717) is 26.1 Å². The van der Waals surface area contributed by atoms with E-state index >= 15 is 0 Å². The summed E-state index contributed by atoms with van der Waals surface area (Å²) in [6.45, 7) is 1.82. The molecule has 7 nitrogen and oxygen atoms in total. The maximum absolute atomic E-state index is 12.7. The Labute approximate surface area is 172 Å². The third-order valence-electron chi connectivity index (χ3n) is 6.08. The monoisotopic (exact) mass is 425 g/mol. The molecule has 2 bridgehead atoms. The minimum absolute atomic E-state index is 0.124. The third kappa shape index (κ3) is 4.28. The number of quaternary nitrogens is 1. The first-order valence-corrected chi connectivity index (χ1v) is 12.4. The Kier molecular flexibility index (Phi) is 6.37. The molecule has 2 fully saturated rings. The number of carbonyl (C=O) groups is 1. The van der Waals surface area contributed by atoms with Crippen molar-refractivity contribution in [2.45, 2.75) is 56.2 Å². The number of nitrogens with zero attached hydrogens (tertiary/aromatic N) is 2. The van der Waals surface area contributed by atoms with E-state index in [1.54, 1.807) is 10.6 Å². The molecule has 4 rings (SSSR count). The van der Waals surface area contributed by atoms with Crippen molar-refractivity contribution in [1.29, 1.82) is 0 Å². The lowest BCUT2D eigenvalue weighted by atomic mass is 9.83. The molecule has 3 aliphatic rings. The molecule has 4 heterocycles. The van der Waals surface area contributed by atoms with Crippen molar-refractivity contribution in [3.05, 3.63) is 33.4 Å². The largest absolute Gasteiger partial charge is 0.595 e. The minimum Gasteiger partial charge on any atom is -0.595 e. The van der Waals surface area contributed by atoms with Gasteiger partial charge in [-0.05, 0) is 37.7 Å². The fraction of sp³-hybridized carbons (Fsp3) is 0.684. The molecule has 0 radical (unpaired) electrons. The van der Waals surface area contributed by atoms with Crippen LogP contribution in [-0.2, 0) is 11.3 Å². The molecule has 1 aromatic rings. The summed E-state index contributed by atoms with van der Waals surface area (Å²) < 4.78 is 1.63. The van der Waals surface area contributed by atoms with Crippen LogP contribution in [0, 0.1) is 11.1 Å². The van der Waals surface area contributed by atoms with Crippen LogP contribution >= 0.6 is 21.6 Å². The van der Waals surface area contributed by atoms with Gasteiger partial charge in [-0.15, -0.1) is 0 Å². The molecule has 3 aliphatic heterocycles. The van der Waals surface area contributed by atoms with E-state index in [4.69, 9.17) is 0 Å². The Morgan fingerprint density at radius 2 is 2.14 bits per heavy atom. The SMILES string of the molecule is O=C(CCCCC1CCSS1)N1C[C@@H]2C[C@@H](C1)c1ccc([NH+]([O-])O)c(=O)n1C2. The summed E-state index contributed by atoms with van der Waals surface area (Å²) >= 11 is 0. The van der Waals surface area contributed by atoms with Gasteiger partial charge in [-0.2, -0.15) is 5.23 Å². The second-order valence-electron chi connectivity index (χ2n) is 8.06. The normalized spacial score (nSPS) is 27.5. The van der Waals surface area contributed by atoms with Gasteiger partial charge in [-0.3, -0.25) is 9.59 Å². The zero-order chi connectivity index (χ0) is 19.7. The molecule has 0 spiro atoms. The average Bonchev–Trinajstić information content (AvgIpc) is 3.19. The molecule has 4 atom stereocenters. The molecular weight excluding hydrogens is 398 g/mol. The average molecular weight is 426 g/mol. The van der Waals surface area contributed by atoms with Crippen molar-refractivity contribution in [3.8, 4) is 0 Å². The molecule has 154 valence electrons. The second kappa shape index (κ2) is 8.79. The standard InChI is InChI=1S/C19H27N3O4S2/c23-18(4-2-1-3-15-7-8-27-28-15)20-10-13-9-14(12-20)16-5-6-17(22(25)26)19(24)21(16)11-13/h5-6,13-15,22,25H,1-4,7-12H2/t13-,14-,15?/m0/s1. The number of aromatic nitrogens is 1. The van der Waals surface area contributed by atoms with E-state index < -0.39 is 10.8 Å². The number of rotatable bonds is 6. The summed E-state index contributed by atoms with van der Waals surface area (Å²) in [5.74, 6) is 1.83. The van der Waals surface area contributed by atoms with Crippen LogP contribution < -0.4 is 10.8 Å². The Morgan fingerprint density at radius 1 is 1.29 bits per heavy atom. The van der Waals surface area contributed by atoms with E-state index in [-0.39, 0.29) is 23.4 Å². The summed E-state index contributed by atoms with van der Waals surface area (Å²) in [4.78, 5) is 27.2. The molecule has 0 aromatic carbocycles. The first-order chi connectivity index (χ1) is 13.5. The van der Waals surface area contributed by atoms with Gasteiger partial charge in [-0.1, -0.05) is 28.0 Å². The summed E-state index contributed by atoms with van der Waals surface area (Å²) in [5, 5.41) is 20.0. The Hall–Kier alpha value is -1.00. The first kappa shape index (κ1) is 20.3. The number of nitrogens with one attached hydrogen (secondary N) is 1. The Balaban J connectivity index is 1.35. The highest BCUT2D eigenvalue weighted by molar-refractivity contribution is 8.77. The number of hydrogen-bond acceptors (Lipinski definition) is 6. The summed E-state index contributed by atoms with van der Waals surface area (Å²) in [6, 6.07) is 3.17. The topological polar surface area (TPSA) is 90.0 Å². The molecule has 0 saturated carbocycles. The van der Waals surface area contributed by atoms with E-state index in [9.17, 15) is 20.0 Å². The van der Waals surface area contributed by atoms with Crippen LogP contribution in [0.1, 0.15) is 50.1 Å². The Bertz CT molecular complexity index is 779. The number of likely N-dealkylation sites (tertiary alicyclic amines) is 1. The van der Waals surface area contributed by atoms with E-state index in [1.807, 2.05) is 26.5 Å². The van der Waals surface area contributed by atoms with Crippen LogP contribution in [0.2, 0.25) is 0 Å². The zero-order valence-electron chi connectivity index (χ0n) is 15.8. The quantitative estimate of drug-likeness (QED) is 0.411. The lowest BCUT2D eigenvalue weighted by Crippen LogP contribution is -3.00. The number of hydrogen-bond donors (Lipinski definition) is 2. The van der Waals surface area contributed by atoms with Crippen LogP contribution in [0.25, 0.3) is 0 Å². The lowest BCUT2D eigenvalue weighted by Gasteiger charge is -2.43. The van der Waals surface area contributed by atoms with Crippen LogP contribution in [0.3, 0.4) is 0 Å². The van der Waals surface area contributed by atoms with Gasteiger partial charge in [-0.25, -0.2) is 5.21 Å². The third-order valence-corrected chi connectivity index (χ3v) is 9.09. The van der Waals surface area contributed by atoms with Gasteiger partial charge in [0, 0.05) is 54.7 Å². The molecular formula is C19H27N3O4S2. The zero-order valence-corrected chi connectivity index (χ0v) is 17.5. The molecule has 0 aliphatic carbocycles. The molecule has 2 N–H and O–H groups in total.